The van der Waals surface area contributed by atoms with Crippen LogP contribution in [0.2, 0.25) is 0 Å². The molecule has 0 amide bonds. The Kier molecular flexibility index (Phi) is 6.51. The monoisotopic (exact) mass is 277 g/mol. The standard InChI is InChI=1S/C17H27NO2/c1-14(2)18-11-16-4-3-5-17(10-16)13-20-12-15-6-8-19-9-7-15/h3-5,10,14-15,18H,6-9,11-13H2,1-2H3. The number of rotatable bonds is 7. The van der Waals surface area contributed by atoms with Crippen molar-refractivity contribution in [3.05, 3.63) is 35.4 Å². The molecule has 112 valence electrons. The maximum absolute atomic E-state index is 5.86. The molecule has 2 rings (SSSR count). The molecule has 1 fully saturated rings. The second-order valence-electron chi connectivity index (χ2n) is 5.93. The lowest BCUT2D eigenvalue weighted by atomic mass is 10.0. The zero-order valence-electron chi connectivity index (χ0n) is 12.7. The minimum Gasteiger partial charge on any atom is -0.381 e. The van der Waals surface area contributed by atoms with Crippen LogP contribution in [0.1, 0.15) is 37.8 Å². The molecule has 0 atom stereocenters. The Morgan fingerprint density at radius 1 is 1.25 bits per heavy atom. The lowest BCUT2D eigenvalue weighted by Gasteiger charge is -2.21. The number of hydrogen-bond donors (Lipinski definition) is 1. The summed E-state index contributed by atoms with van der Waals surface area (Å²) in [5.74, 6) is 0.676. The van der Waals surface area contributed by atoms with Crippen LogP contribution in [0, 0.1) is 5.92 Å². The largest absolute Gasteiger partial charge is 0.381 e. The van der Waals surface area contributed by atoms with Gasteiger partial charge < -0.3 is 14.8 Å². The van der Waals surface area contributed by atoms with Crippen LogP contribution in [-0.2, 0) is 22.6 Å². The van der Waals surface area contributed by atoms with Crippen molar-refractivity contribution in [2.45, 2.75) is 45.9 Å². The summed E-state index contributed by atoms with van der Waals surface area (Å²) in [6.07, 6.45) is 2.27. The number of hydrogen-bond acceptors (Lipinski definition) is 3. The highest BCUT2D eigenvalue weighted by molar-refractivity contribution is 5.22. The summed E-state index contributed by atoms with van der Waals surface area (Å²) in [4.78, 5) is 0. The van der Waals surface area contributed by atoms with Crippen LogP contribution in [0.5, 0.6) is 0 Å². The molecule has 1 saturated heterocycles. The molecule has 1 heterocycles. The highest BCUT2D eigenvalue weighted by Crippen LogP contribution is 2.16. The van der Waals surface area contributed by atoms with Gasteiger partial charge in [0.25, 0.3) is 0 Å². The Bertz CT molecular complexity index is 386. The van der Waals surface area contributed by atoms with Crippen molar-refractivity contribution in [1.29, 1.82) is 0 Å². The fourth-order valence-corrected chi connectivity index (χ4v) is 2.41. The number of nitrogens with one attached hydrogen (secondary N) is 1. The Morgan fingerprint density at radius 2 is 2.00 bits per heavy atom. The average molecular weight is 277 g/mol. The molecule has 0 spiro atoms. The van der Waals surface area contributed by atoms with Crippen LogP contribution in [0.15, 0.2) is 24.3 Å². The molecular formula is C17H27NO2. The van der Waals surface area contributed by atoms with E-state index in [0.717, 1.165) is 39.2 Å². The van der Waals surface area contributed by atoms with Crippen molar-refractivity contribution in [2.75, 3.05) is 19.8 Å². The van der Waals surface area contributed by atoms with Gasteiger partial charge in [0.15, 0.2) is 0 Å². The molecule has 1 aliphatic heterocycles. The molecular weight excluding hydrogens is 250 g/mol. The first-order valence-electron chi connectivity index (χ1n) is 7.70. The summed E-state index contributed by atoms with van der Waals surface area (Å²) in [5.41, 5.74) is 2.59. The first-order valence-corrected chi connectivity index (χ1v) is 7.70. The minimum atomic E-state index is 0.517. The smallest absolute Gasteiger partial charge is 0.0717 e. The van der Waals surface area contributed by atoms with Gasteiger partial charge in [-0.25, -0.2) is 0 Å². The Morgan fingerprint density at radius 3 is 2.75 bits per heavy atom. The molecule has 0 saturated carbocycles. The zero-order chi connectivity index (χ0) is 14.2. The van der Waals surface area contributed by atoms with Crippen LogP contribution < -0.4 is 5.32 Å². The topological polar surface area (TPSA) is 30.5 Å². The summed E-state index contributed by atoms with van der Waals surface area (Å²) >= 11 is 0. The second kappa shape index (κ2) is 8.40. The second-order valence-corrected chi connectivity index (χ2v) is 5.93. The third-order valence-electron chi connectivity index (χ3n) is 3.67. The van der Waals surface area contributed by atoms with Crippen molar-refractivity contribution in [1.82, 2.24) is 5.32 Å². The molecule has 1 aromatic carbocycles. The normalized spacial score (nSPS) is 16.8. The average Bonchev–Trinajstić information content (AvgIpc) is 2.47. The highest BCUT2D eigenvalue weighted by Gasteiger charge is 2.13. The first-order chi connectivity index (χ1) is 9.74. The van der Waals surface area contributed by atoms with Gasteiger partial charge in [-0.1, -0.05) is 38.1 Å². The van der Waals surface area contributed by atoms with Gasteiger partial charge in [-0.3, -0.25) is 0 Å². The third kappa shape index (κ3) is 5.61. The molecule has 1 aliphatic rings. The van der Waals surface area contributed by atoms with Crippen molar-refractivity contribution >= 4 is 0 Å². The zero-order valence-corrected chi connectivity index (χ0v) is 12.7. The van der Waals surface area contributed by atoms with E-state index in [4.69, 9.17) is 9.47 Å². The van der Waals surface area contributed by atoms with E-state index < -0.39 is 0 Å². The summed E-state index contributed by atoms with van der Waals surface area (Å²) in [6.45, 7) is 8.62. The fourth-order valence-electron chi connectivity index (χ4n) is 2.41. The molecule has 0 aliphatic carbocycles. The molecule has 1 aromatic rings. The van der Waals surface area contributed by atoms with E-state index in [0.29, 0.717) is 18.6 Å². The Labute approximate surface area is 122 Å². The van der Waals surface area contributed by atoms with Gasteiger partial charge >= 0.3 is 0 Å². The molecule has 1 N–H and O–H groups in total. The van der Waals surface area contributed by atoms with Crippen molar-refractivity contribution < 1.29 is 9.47 Å². The highest BCUT2D eigenvalue weighted by atomic mass is 16.5. The predicted molar refractivity (Wildman–Crippen MR) is 81.6 cm³/mol. The van der Waals surface area contributed by atoms with Gasteiger partial charge in [0.1, 0.15) is 0 Å². The van der Waals surface area contributed by atoms with E-state index in [2.05, 4.69) is 43.4 Å². The van der Waals surface area contributed by atoms with Crippen molar-refractivity contribution in [3.8, 4) is 0 Å². The minimum absolute atomic E-state index is 0.517. The molecule has 20 heavy (non-hydrogen) atoms. The van der Waals surface area contributed by atoms with Gasteiger partial charge in [-0.05, 0) is 29.9 Å². The summed E-state index contributed by atoms with van der Waals surface area (Å²) < 4.78 is 11.2. The first kappa shape index (κ1) is 15.5. The maximum atomic E-state index is 5.86. The summed E-state index contributed by atoms with van der Waals surface area (Å²) in [5, 5.41) is 3.44. The quantitative estimate of drug-likeness (QED) is 0.830. The molecule has 3 nitrogen and oxygen atoms in total. The van der Waals surface area contributed by atoms with Crippen LogP contribution in [-0.4, -0.2) is 25.9 Å². The van der Waals surface area contributed by atoms with Gasteiger partial charge in [-0.2, -0.15) is 0 Å². The molecule has 0 unspecified atom stereocenters. The van der Waals surface area contributed by atoms with Gasteiger partial charge in [-0.15, -0.1) is 0 Å². The van der Waals surface area contributed by atoms with Crippen LogP contribution in [0.25, 0.3) is 0 Å². The number of benzene rings is 1. The Balaban J connectivity index is 1.73. The van der Waals surface area contributed by atoms with Gasteiger partial charge in [0, 0.05) is 25.8 Å². The molecule has 3 heteroatoms. The Hall–Kier alpha value is -0.900. The van der Waals surface area contributed by atoms with E-state index in [1.54, 1.807) is 0 Å². The lowest BCUT2D eigenvalue weighted by Crippen LogP contribution is -2.22. The van der Waals surface area contributed by atoms with Crippen molar-refractivity contribution in [3.63, 3.8) is 0 Å². The molecule has 0 aromatic heterocycles. The van der Waals surface area contributed by atoms with Crippen LogP contribution >= 0.6 is 0 Å². The summed E-state index contributed by atoms with van der Waals surface area (Å²) in [7, 11) is 0. The van der Waals surface area contributed by atoms with E-state index >= 15 is 0 Å². The molecule has 0 radical (unpaired) electrons. The lowest BCUT2D eigenvalue weighted by molar-refractivity contribution is 0.0157. The fraction of sp³-hybridized carbons (Fsp3) is 0.647. The van der Waals surface area contributed by atoms with E-state index in [9.17, 15) is 0 Å². The van der Waals surface area contributed by atoms with Crippen molar-refractivity contribution in [2.24, 2.45) is 5.92 Å². The van der Waals surface area contributed by atoms with E-state index in [-0.39, 0.29) is 0 Å². The van der Waals surface area contributed by atoms with E-state index in [1.807, 2.05) is 0 Å². The van der Waals surface area contributed by atoms with E-state index in [1.165, 1.54) is 11.1 Å². The predicted octanol–water partition coefficient (Wildman–Crippen LogP) is 3.13. The van der Waals surface area contributed by atoms with Crippen LogP contribution in [0.4, 0.5) is 0 Å². The third-order valence-corrected chi connectivity index (χ3v) is 3.67. The van der Waals surface area contributed by atoms with Gasteiger partial charge in [0.05, 0.1) is 13.2 Å². The number of ether oxygens (including phenoxy) is 2. The maximum Gasteiger partial charge on any atom is 0.0717 e. The SMILES string of the molecule is CC(C)NCc1cccc(COCC2CCOCC2)c1. The van der Waals surface area contributed by atoms with Gasteiger partial charge in [0.2, 0.25) is 0 Å². The molecule has 0 bridgehead atoms. The van der Waals surface area contributed by atoms with Crippen LogP contribution in [0.3, 0.4) is 0 Å². The summed E-state index contributed by atoms with van der Waals surface area (Å²) in [6, 6.07) is 9.17.